The highest BCUT2D eigenvalue weighted by Crippen LogP contribution is 2.29. The molecule has 4 nitrogen and oxygen atoms in total. The van der Waals surface area contributed by atoms with E-state index in [-0.39, 0.29) is 11.9 Å². The lowest BCUT2D eigenvalue weighted by Crippen LogP contribution is -2.28. The Morgan fingerprint density at radius 2 is 2.14 bits per heavy atom. The summed E-state index contributed by atoms with van der Waals surface area (Å²) in [5.41, 5.74) is 0. The van der Waals surface area contributed by atoms with Crippen molar-refractivity contribution in [2.24, 2.45) is 5.92 Å². The van der Waals surface area contributed by atoms with E-state index in [1.54, 1.807) is 6.92 Å². The van der Waals surface area contributed by atoms with Gasteiger partial charge in [-0.05, 0) is 38.5 Å². The summed E-state index contributed by atoms with van der Waals surface area (Å²) in [5.74, 6) is 0.672. The molecule has 5 heteroatoms. The second kappa shape index (κ2) is 5.09. The maximum atomic E-state index is 11.4. The van der Waals surface area contributed by atoms with Crippen LogP contribution in [0.4, 0.5) is 0 Å². The van der Waals surface area contributed by atoms with Gasteiger partial charge in [0.15, 0.2) is 0 Å². The predicted octanol–water partition coefficient (Wildman–Crippen LogP) is 0.477. The first-order chi connectivity index (χ1) is 6.49. The van der Waals surface area contributed by atoms with E-state index < -0.39 is 10.0 Å². The van der Waals surface area contributed by atoms with Crippen molar-refractivity contribution in [3.8, 4) is 0 Å². The highest BCUT2D eigenvalue weighted by molar-refractivity contribution is 7.89. The van der Waals surface area contributed by atoms with Crippen molar-refractivity contribution >= 4 is 10.0 Å². The second-order valence-electron chi connectivity index (χ2n) is 4.11. The summed E-state index contributed by atoms with van der Waals surface area (Å²) in [6, 6.07) is 0. The Kier molecular flexibility index (Phi) is 4.34. The van der Waals surface area contributed by atoms with Crippen LogP contribution in [0.1, 0.15) is 32.6 Å². The van der Waals surface area contributed by atoms with Gasteiger partial charge in [0.25, 0.3) is 0 Å². The van der Waals surface area contributed by atoms with Gasteiger partial charge in [-0.2, -0.15) is 0 Å². The minimum atomic E-state index is -3.05. The molecule has 0 aromatic carbocycles. The number of aliphatic hydroxyl groups excluding tert-OH is 1. The quantitative estimate of drug-likeness (QED) is 0.614. The van der Waals surface area contributed by atoms with Crippen LogP contribution in [0, 0.1) is 5.92 Å². The van der Waals surface area contributed by atoms with Crippen LogP contribution in [-0.2, 0) is 10.0 Å². The Morgan fingerprint density at radius 1 is 1.50 bits per heavy atom. The maximum Gasteiger partial charge on any atom is 0.211 e. The molecule has 0 radical (unpaired) electrons. The number of hydrogen-bond acceptors (Lipinski definition) is 3. The van der Waals surface area contributed by atoms with E-state index in [2.05, 4.69) is 4.72 Å². The Morgan fingerprint density at radius 3 is 2.64 bits per heavy atom. The van der Waals surface area contributed by atoms with Crippen LogP contribution in [0.3, 0.4) is 0 Å². The van der Waals surface area contributed by atoms with Crippen LogP contribution in [0.2, 0.25) is 0 Å². The summed E-state index contributed by atoms with van der Waals surface area (Å²) in [6.07, 6.45) is 3.10. The highest BCUT2D eigenvalue weighted by atomic mass is 32.2. The molecule has 0 aromatic rings. The van der Waals surface area contributed by atoms with Crippen molar-refractivity contribution in [3.63, 3.8) is 0 Å². The van der Waals surface area contributed by atoms with Gasteiger partial charge in [-0.1, -0.05) is 0 Å². The molecular weight excluding hydrogens is 202 g/mol. The zero-order chi connectivity index (χ0) is 10.6. The molecule has 14 heavy (non-hydrogen) atoms. The van der Waals surface area contributed by atoms with E-state index in [1.807, 2.05) is 0 Å². The molecule has 1 rings (SSSR count). The maximum absolute atomic E-state index is 11.4. The third-order valence-corrected chi connectivity index (χ3v) is 3.83. The molecule has 84 valence electrons. The van der Waals surface area contributed by atoms with Crippen molar-refractivity contribution in [3.05, 3.63) is 0 Å². The van der Waals surface area contributed by atoms with Gasteiger partial charge in [0.05, 0.1) is 11.9 Å². The minimum Gasteiger partial charge on any atom is -0.393 e. The van der Waals surface area contributed by atoms with Crippen molar-refractivity contribution in [2.45, 2.75) is 38.7 Å². The molecule has 1 saturated carbocycles. The van der Waals surface area contributed by atoms with Gasteiger partial charge < -0.3 is 5.11 Å². The first kappa shape index (κ1) is 11.9. The van der Waals surface area contributed by atoms with E-state index in [4.69, 9.17) is 5.11 Å². The SMILES string of the molecule is CC(O)CCCNS(=O)(=O)CC1CC1. The van der Waals surface area contributed by atoms with Gasteiger partial charge in [0.2, 0.25) is 10.0 Å². The molecule has 0 bridgehead atoms. The number of rotatable bonds is 7. The first-order valence-electron chi connectivity index (χ1n) is 5.15. The van der Waals surface area contributed by atoms with Crippen LogP contribution < -0.4 is 4.72 Å². The normalized spacial score (nSPS) is 19.6. The molecule has 0 spiro atoms. The van der Waals surface area contributed by atoms with Crippen LogP contribution in [0.5, 0.6) is 0 Å². The van der Waals surface area contributed by atoms with E-state index in [0.29, 0.717) is 25.3 Å². The van der Waals surface area contributed by atoms with Crippen LogP contribution >= 0.6 is 0 Å². The zero-order valence-corrected chi connectivity index (χ0v) is 9.39. The molecule has 1 aliphatic carbocycles. The molecule has 1 atom stereocenters. The fraction of sp³-hybridized carbons (Fsp3) is 1.00. The van der Waals surface area contributed by atoms with Crippen LogP contribution in [0.25, 0.3) is 0 Å². The number of sulfonamides is 1. The highest BCUT2D eigenvalue weighted by Gasteiger charge is 2.27. The summed E-state index contributed by atoms with van der Waals surface area (Å²) >= 11 is 0. The Balaban J connectivity index is 2.09. The Hall–Kier alpha value is -0.130. The Bertz CT molecular complexity index is 257. The standard InChI is InChI=1S/C9H19NO3S/c1-8(11)3-2-6-10-14(12,13)7-9-4-5-9/h8-11H,2-7H2,1H3. The first-order valence-corrected chi connectivity index (χ1v) is 6.80. The van der Waals surface area contributed by atoms with E-state index in [1.165, 1.54) is 0 Å². The fourth-order valence-electron chi connectivity index (χ4n) is 1.28. The average molecular weight is 221 g/mol. The molecule has 2 N–H and O–H groups in total. The average Bonchev–Trinajstić information content (AvgIpc) is 2.81. The van der Waals surface area contributed by atoms with Crippen molar-refractivity contribution in [1.29, 1.82) is 0 Å². The Labute approximate surface area is 85.8 Å². The third kappa shape index (κ3) is 5.57. The van der Waals surface area contributed by atoms with Crippen molar-refractivity contribution in [2.75, 3.05) is 12.3 Å². The third-order valence-electron chi connectivity index (χ3n) is 2.27. The lowest BCUT2D eigenvalue weighted by molar-refractivity contribution is 0.182. The lowest BCUT2D eigenvalue weighted by Gasteiger charge is -2.06. The largest absolute Gasteiger partial charge is 0.393 e. The number of nitrogens with one attached hydrogen (secondary N) is 1. The van der Waals surface area contributed by atoms with Crippen LogP contribution in [0.15, 0.2) is 0 Å². The van der Waals surface area contributed by atoms with Gasteiger partial charge in [-0.25, -0.2) is 13.1 Å². The summed E-state index contributed by atoms with van der Waals surface area (Å²) in [5, 5.41) is 8.96. The van der Waals surface area contributed by atoms with Gasteiger partial charge in [0, 0.05) is 6.54 Å². The van der Waals surface area contributed by atoms with Crippen LogP contribution in [-0.4, -0.2) is 31.9 Å². The molecule has 1 unspecified atom stereocenters. The topological polar surface area (TPSA) is 66.4 Å². The van der Waals surface area contributed by atoms with Gasteiger partial charge in [-0.3, -0.25) is 0 Å². The molecule has 0 aliphatic heterocycles. The summed E-state index contributed by atoms with van der Waals surface area (Å²) in [6.45, 7) is 2.15. The van der Waals surface area contributed by atoms with E-state index in [0.717, 1.165) is 12.8 Å². The summed E-state index contributed by atoms with van der Waals surface area (Å²) < 4.78 is 25.3. The monoisotopic (exact) mass is 221 g/mol. The summed E-state index contributed by atoms with van der Waals surface area (Å²) in [7, 11) is -3.05. The van der Waals surface area contributed by atoms with Crippen molar-refractivity contribution in [1.82, 2.24) is 4.72 Å². The number of aliphatic hydroxyl groups is 1. The van der Waals surface area contributed by atoms with Crippen molar-refractivity contribution < 1.29 is 13.5 Å². The molecule has 0 heterocycles. The fourth-order valence-corrected chi connectivity index (χ4v) is 2.81. The van der Waals surface area contributed by atoms with Gasteiger partial charge in [0.1, 0.15) is 0 Å². The zero-order valence-electron chi connectivity index (χ0n) is 8.57. The minimum absolute atomic E-state index is 0.279. The predicted molar refractivity (Wildman–Crippen MR) is 55.4 cm³/mol. The smallest absolute Gasteiger partial charge is 0.211 e. The molecule has 0 amide bonds. The van der Waals surface area contributed by atoms with E-state index >= 15 is 0 Å². The lowest BCUT2D eigenvalue weighted by atomic mass is 10.2. The molecule has 0 saturated heterocycles. The second-order valence-corrected chi connectivity index (χ2v) is 5.96. The summed E-state index contributed by atoms with van der Waals surface area (Å²) in [4.78, 5) is 0. The molecule has 0 aromatic heterocycles. The molecular formula is C9H19NO3S. The molecule has 1 fully saturated rings. The molecule has 1 aliphatic rings. The number of hydrogen-bond donors (Lipinski definition) is 2. The van der Waals surface area contributed by atoms with Gasteiger partial charge >= 0.3 is 0 Å². The van der Waals surface area contributed by atoms with E-state index in [9.17, 15) is 8.42 Å². The van der Waals surface area contributed by atoms with Gasteiger partial charge in [-0.15, -0.1) is 0 Å².